The Labute approximate surface area is 95.4 Å². The first-order valence-corrected chi connectivity index (χ1v) is 4.79. The molecule has 8 heteroatoms. The van der Waals surface area contributed by atoms with Crippen LogP contribution in [-0.4, -0.2) is 20.7 Å². The van der Waals surface area contributed by atoms with Crippen LogP contribution in [0, 0.1) is 10.1 Å². The number of halogens is 3. The fraction of sp³-hybridized carbons (Fsp3) is 0.667. The molecule has 5 nitrogen and oxygen atoms in total. The third-order valence-corrected chi connectivity index (χ3v) is 2.10. The summed E-state index contributed by atoms with van der Waals surface area (Å²) < 4.78 is 37.7. The lowest BCUT2D eigenvalue weighted by Gasteiger charge is -2.18. The van der Waals surface area contributed by atoms with Crippen LogP contribution in [-0.2, 0) is 12.0 Å². The molecule has 1 aromatic rings. The molecule has 0 saturated heterocycles. The quantitative estimate of drug-likeness (QED) is 0.599. The van der Waals surface area contributed by atoms with Crippen LogP contribution in [0.1, 0.15) is 26.5 Å². The monoisotopic (exact) mass is 251 g/mol. The van der Waals surface area contributed by atoms with Crippen molar-refractivity contribution < 1.29 is 18.1 Å². The molecule has 0 aromatic carbocycles. The van der Waals surface area contributed by atoms with Crippen LogP contribution in [0.25, 0.3) is 0 Å². The summed E-state index contributed by atoms with van der Waals surface area (Å²) in [5.41, 5.74) is -0.464. The van der Waals surface area contributed by atoms with Gasteiger partial charge >= 0.3 is 12.1 Å². The molecule has 1 heterocycles. The molecule has 0 aliphatic carbocycles. The van der Waals surface area contributed by atoms with E-state index in [0.29, 0.717) is 4.57 Å². The molecule has 17 heavy (non-hydrogen) atoms. The van der Waals surface area contributed by atoms with Gasteiger partial charge in [0.2, 0.25) is 0 Å². The van der Waals surface area contributed by atoms with E-state index in [0.717, 1.165) is 6.20 Å². The Kier molecular flexibility index (Phi) is 3.17. The summed E-state index contributed by atoms with van der Waals surface area (Å²) in [6.45, 7) is 3.59. The van der Waals surface area contributed by atoms with Crippen molar-refractivity contribution in [1.82, 2.24) is 9.55 Å². The first kappa shape index (κ1) is 13.5. The fourth-order valence-electron chi connectivity index (χ4n) is 1.45. The van der Waals surface area contributed by atoms with Gasteiger partial charge in [-0.2, -0.15) is 13.2 Å². The summed E-state index contributed by atoms with van der Waals surface area (Å²) in [4.78, 5) is 13.1. The zero-order valence-corrected chi connectivity index (χ0v) is 9.58. The van der Waals surface area contributed by atoms with E-state index in [9.17, 15) is 23.3 Å². The van der Waals surface area contributed by atoms with Gasteiger partial charge in [0, 0.05) is 5.41 Å². The molecule has 0 spiro atoms. The Morgan fingerprint density at radius 3 is 2.29 bits per heavy atom. The van der Waals surface area contributed by atoms with Gasteiger partial charge in [0.05, 0.1) is 0 Å². The minimum atomic E-state index is -4.52. The lowest BCUT2D eigenvalue weighted by molar-refractivity contribution is -0.397. The number of hydrogen-bond acceptors (Lipinski definition) is 3. The van der Waals surface area contributed by atoms with Crippen molar-refractivity contribution in [3.05, 3.63) is 22.0 Å². The molecule has 0 bridgehead atoms. The van der Waals surface area contributed by atoms with E-state index in [2.05, 4.69) is 4.98 Å². The summed E-state index contributed by atoms with van der Waals surface area (Å²) in [6, 6.07) is 0. The molecule has 1 aromatic heterocycles. The van der Waals surface area contributed by atoms with E-state index in [1.54, 1.807) is 20.8 Å². The molecule has 0 radical (unpaired) electrons. The van der Waals surface area contributed by atoms with Gasteiger partial charge in [-0.15, -0.1) is 0 Å². The van der Waals surface area contributed by atoms with Crippen molar-refractivity contribution in [3.8, 4) is 0 Å². The van der Waals surface area contributed by atoms with Crippen molar-refractivity contribution in [1.29, 1.82) is 0 Å². The maximum atomic E-state index is 12.4. The van der Waals surface area contributed by atoms with Crippen molar-refractivity contribution in [2.24, 2.45) is 0 Å². The first-order valence-electron chi connectivity index (χ1n) is 4.79. The number of rotatable bonds is 2. The summed E-state index contributed by atoms with van der Waals surface area (Å²) in [5, 5.41) is 10.6. The highest BCUT2D eigenvalue weighted by Gasteiger charge is 2.37. The molecule has 0 saturated carbocycles. The first-order chi connectivity index (χ1) is 7.52. The van der Waals surface area contributed by atoms with E-state index in [-0.39, 0.29) is 5.69 Å². The van der Waals surface area contributed by atoms with E-state index in [4.69, 9.17) is 0 Å². The fourth-order valence-corrected chi connectivity index (χ4v) is 1.45. The number of imidazole rings is 1. The van der Waals surface area contributed by atoms with E-state index in [1.807, 2.05) is 0 Å². The standard InChI is InChI=1S/C9H12F3N3O2/c1-8(2,3)6-4-13-7(15(16)17)14(6)5-9(10,11)12/h4H,5H2,1-3H3. The zero-order valence-electron chi connectivity index (χ0n) is 9.58. The van der Waals surface area contributed by atoms with E-state index >= 15 is 0 Å². The van der Waals surface area contributed by atoms with Gasteiger partial charge in [0.1, 0.15) is 11.9 Å². The van der Waals surface area contributed by atoms with Gasteiger partial charge in [-0.1, -0.05) is 25.8 Å². The van der Waals surface area contributed by atoms with Crippen molar-refractivity contribution >= 4 is 5.95 Å². The number of aromatic nitrogens is 2. The molecular weight excluding hydrogens is 239 g/mol. The third kappa shape index (κ3) is 3.18. The average molecular weight is 251 g/mol. The van der Waals surface area contributed by atoms with E-state index in [1.165, 1.54) is 0 Å². The van der Waals surface area contributed by atoms with Crippen LogP contribution in [0.4, 0.5) is 19.1 Å². The van der Waals surface area contributed by atoms with Crippen LogP contribution >= 0.6 is 0 Å². The van der Waals surface area contributed by atoms with Crippen LogP contribution in [0.3, 0.4) is 0 Å². The van der Waals surface area contributed by atoms with Gasteiger partial charge in [0.15, 0.2) is 6.54 Å². The number of nitrogens with zero attached hydrogens (tertiary/aromatic N) is 3. The molecule has 0 aliphatic heterocycles. The molecule has 0 amide bonds. The summed E-state index contributed by atoms with van der Waals surface area (Å²) in [5.74, 6) is -0.785. The molecule has 0 fully saturated rings. The highest BCUT2D eigenvalue weighted by molar-refractivity contribution is 5.21. The maximum Gasteiger partial charge on any atom is 0.435 e. The highest BCUT2D eigenvalue weighted by atomic mass is 19.4. The molecule has 0 unspecified atom stereocenters. The van der Waals surface area contributed by atoms with Gasteiger partial charge in [-0.05, 0) is 4.92 Å². The third-order valence-electron chi connectivity index (χ3n) is 2.10. The van der Waals surface area contributed by atoms with Crippen LogP contribution in [0.2, 0.25) is 0 Å². The normalized spacial score (nSPS) is 12.8. The second-order valence-corrected chi connectivity index (χ2v) is 4.65. The maximum absolute atomic E-state index is 12.4. The average Bonchev–Trinajstić information content (AvgIpc) is 2.43. The molecule has 0 atom stereocenters. The Morgan fingerprint density at radius 1 is 1.41 bits per heavy atom. The predicted molar refractivity (Wildman–Crippen MR) is 53.6 cm³/mol. The van der Waals surface area contributed by atoms with Gasteiger partial charge in [-0.25, -0.2) is 4.57 Å². The van der Waals surface area contributed by atoms with Crippen LogP contribution in [0.15, 0.2) is 6.20 Å². The Hall–Kier alpha value is -1.60. The summed E-state index contributed by atoms with van der Waals surface area (Å²) >= 11 is 0. The van der Waals surface area contributed by atoms with Gasteiger partial charge in [-0.3, -0.25) is 0 Å². The molecular formula is C9H12F3N3O2. The number of alkyl halides is 3. The second-order valence-electron chi connectivity index (χ2n) is 4.65. The SMILES string of the molecule is CC(C)(C)c1cnc([N+](=O)[O-])n1CC(F)(F)F. The number of nitro groups is 1. The Balaban J connectivity index is 3.30. The number of hydrogen-bond donors (Lipinski definition) is 0. The lowest BCUT2D eigenvalue weighted by atomic mass is 9.92. The van der Waals surface area contributed by atoms with Crippen LogP contribution in [0.5, 0.6) is 0 Å². The molecule has 0 aliphatic rings. The zero-order chi connectivity index (χ0) is 13.4. The van der Waals surface area contributed by atoms with Crippen molar-refractivity contribution in [3.63, 3.8) is 0 Å². The minimum Gasteiger partial charge on any atom is -0.390 e. The van der Waals surface area contributed by atoms with Crippen LogP contribution < -0.4 is 0 Å². The summed E-state index contributed by atoms with van der Waals surface area (Å²) in [6.07, 6.45) is -3.41. The second kappa shape index (κ2) is 4.01. The largest absolute Gasteiger partial charge is 0.435 e. The van der Waals surface area contributed by atoms with Crippen molar-refractivity contribution in [2.75, 3.05) is 0 Å². The van der Waals surface area contributed by atoms with E-state index < -0.39 is 29.0 Å². The molecule has 96 valence electrons. The predicted octanol–water partition coefficient (Wildman–Crippen LogP) is 2.65. The summed E-state index contributed by atoms with van der Waals surface area (Å²) in [7, 11) is 0. The Bertz CT molecular complexity index is 432. The van der Waals surface area contributed by atoms with Gasteiger partial charge in [0.25, 0.3) is 0 Å². The highest BCUT2D eigenvalue weighted by Crippen LogP contribution is 2.29. The Morgan fingerprint density at radius 2 is 1.94 bits per heavy atom. The molecule has 0 N–H and O–H groups in total. The molecule has 1 rings (SSSR count). The van der Waals surface area contributed by atoms with Gasteiger partial charge < -0.3 is 10.1 Å². The topological polar surface area (TPSA) is 61.0 Å². The minimum absolute atomic E-state index is 0.182. The van der Waals surface area contributed by atoms with Crippen molar-refractivity contribution in [2.45, 2.75) is 38.9 Å². The lowest BCUT2D eigenvalue weighted by Crippen LogP contribution is -2.25. The smallest absolute Gasteiger partial charge is 0.390 e.